The van der Waals surface area contributed by atoms with Gasteiger partial charge in [-0.1, -0.05) is 23.7 Å². The van der Waals surface area contributed by atoms with Gasteiger partial charge in [-0.15, -0.1) is 0 Å². The molecule has 1 N–H and O–H groups in total. The lowest BCUT2D eigenvalue weighted by atomic mass is 10.00. The van der Waals surface area contributed by atoms with Crippen LogP contribution in [0.15, 0.2) is 53.3 Å². The van der Waals surface area contributed by atoms with Crippen LogP contribution in [0.2, 0.25) is 5.02 Å². The number of nitrogens with zero attached hydrogens (tertiary/aromatic N) is 1. The van der Waals surface area contributed by atoms with Gasteiger partial charge in [0.25, 0.3) is 5.56 Å². The van der Waals surface area contributed by atoms with Gasteiger partial charge in [-0.05, 0) is 42.8 Å². The number of hydrogen-bond donors (Lipinski definition) is 1. The maximum Gasteiger partial charge on any atom is 0.266 e. The minimum atomic E-state index is -0.493. The number of hydrogen-bond acceptors (Lipinski definition) is 3. The van der Waals surface area contributed by atoms with Crippen molar-refractivity contribution in [2.75, 3.05) is 0 Å². The van der Waals surface area contributed by atoms with Crippen molar-refractivity contribution in [3.8, 4) is 22.9 Å². The predicted octanol–water partition coefficient (Wildman–Crippen LogP) is 4.59. The third kappa shape index (κ3) is 3.76. The number of nitriles is 1. The van der Waals surface area contributed by atoms with Crippen molar-refractivity contribution in [2.24, 2.45) is 0 Å². The van der Waals surface area contributed by atoms with Gasteiger partial charge in [0.2, 0.25) is 0 Å². The minimum absolute atomic E-state index is 0.0465. The molecule has 0 fully saturated rings. The highest BCUT2D eigenvalue weighted by Gasteiger charge is 2.15. The number of nitrogens with one attached hydrogen (secondary N) is 1. The van der Waals surface area contributed by atoms with Gasteiger partial charge >= 0.3 is 0 Å². The number of ether oxygens (including phenoxy) is 1. The van der Waals surface area contributed by atoms with E-state index >= 15 is 0 Å². The normalized spacial score (nSPS) is 10.4. The van der Waals surface area contributed by atoms with E-state index in [1.165, 1.54) is 18.2 Å². The Morgan fingerprint density at radius 2 is 2.00 bits per heavy atom. The molecule has 0 saturated heterocycles. The highest BCUT2D eigenvalue weighted by molar-refractivity contribution is 6.30. The van der Waals surface area contributed by atoms with Crippen LogP contribution in [0.4, 0.5) is 4.39 Å². The van der Waals surface area contributed by atoms with E-state index in [1.807, 2.05) is 12.1 Å². The molecule has 0 radical (unpaired) electrons. The van der Waals surface area contributed by atoms with Crippen molar-refractivity contribution in [3.63, 3.8) is 0 Å². The van der Waals surface area contributed by atoms with Crippen LogP contribution in [-0.2, 0) is 6.61 Å². The molecule has 3 aromatic rings. The van der Waals surface area contributed by atoms with Crippen LogP contribution in [0.3, 0.4) is 0 Å². The summed E-state index contributed by atoms with van der Waals surface area (Å²) in [5, 5.41) is 9.91. The molecule has 2 aromatic carbocycles. The first kappa shape index (κ1) is 17.7. The van der Waals surface area contributed by atoms with Crippen LogP contribution in [0.1, 0.15) is 16.8 Å². The van der Waals surface area contributed by atoms with E-state index in [2.05, 4.69) is 4.98 Å². The molecule has 1 heterocycles. The Kier molecular flexibility index (Phi) is 5.06. The first-order valence-corrected chi connectivity index (χ1v) is 8.17. The first-order valence-electron chi connectivity index (χ1n) is 7.79. The molecule has 0 amide bonds. The summed E-state index contributed by atoms with van der Waals surface area (Å²) in [7, 11) is 0. The summed E-state index contributed by atoms with van der Waals surface area (Å²) < 4.78 is 19.5. The van der Waals surface area contributed by atoms with Gasteiger partial charge in [-0.3, -0.25) is 4.79 Å². The highest BCUT2D eigenvalue weighted by atomic mass is 35.5. The fourth-order valence-electron chi connectivity index (χ4n) is 2.64. The summed E-state index contributed by atoms with van der Waals surface area (Å²) in [5.41, 5.74) is 1.74. The van der Waals surface area contributed by atoms with E-state index in [4.69, 9.17) is 16.3 Å². The molecule has 0 aliphatic carbocycles. The second-order valence-corrected chi connectivity index (χ2v) is 6.18. The fourth-order valence-corrected chi connectivity index (χ4v) is 2.85. The van der Waals surface area contributed by atoms with Crippen molar-refractivity contribution in [2.45, 2.75) is 13.5 Å². The Hall–Kier alpha value is -3.10. The third-order valence-electron chi connectivity index (χ3n) is 3.80. The number of aromatic amines is 1. The fraction of sp³-hybridized carbons (Fsp3) is 0.100. The molecule has 0 spiro atoms. The Balaban J connectivity index is 2.05. The lowest BCUT2D eigenvalue weighted by molar-refractivity contribution is 0.306. The minimum Gasteiger partial charge on any atom is -0.488 e. The van der Waals surface area contributed by atoms with Crippen molar-refractivity contribution in [3.05, 3.63) is 86.5 Å². The largest absolute Gasteiger partial charge is 0.488 e. The lowest BCUT2D eigenvalue weighted by Gasteiger charge is -2.13. The summed E-state index contributed by atoms with van der Waals surface area (Å²) >= 11 is 5.96. The maximum atomic E-state index is 13.8. The summed E-state index contributed by atoms with van der Waals surface area (Å²) in [4.78, 5) is 14.6. The predicted molar refractivity (Wildman–Crippen MR) is 97.7 cm³/mol. The molecular formula is C20H14ClFN2O2. The second-order valence-electron chi connectivity index (χ2n) is 5.74. The molecule has 4 nitrogen and oxygen atoms in total. The smallest absolute Gasteiger partial charge is 0.266 e. The number of pyridine rings is 1. The second kappa shape index (κ2) is 7.42. The zero-order chi connectivity index (χ0) is 18.7. The number of aromatic nitrogens is 1. The van der Waals surface area contributed by atoms with E-state index in [0.717, 1.165) is 5.56 Å². The van der Waals surface area contributed by atoms with Crippen molar-refractivity contribution >= 4 is 11.6 Å². The average Bonchev–Trinajstić information content (AvgIpc) is 2.59. The van der Waals surface area contributed by atoms with Crippen LogP contribution in [0.25, 0.3) is 11.1 Å². The van der Waals surface area contributed by atoms with E-state index < -0.39 is 11.4 Å². The third-order valence-corrected chi connectivity index (χ3v) is 4.03. The van der Waals surface area contributed by atoms with Crippen molar-refractivity contribution in [1.82, 2.24) is 4.98 Å². The number of rotatable bonds is 4. The SMILES string of the molecule is Cc1cc(-c2ccc(F)cc2OCc2cccc(Cl)c2)c(C#N)c(=O)[nH]1. The Morgan fingerprint density at radius 1 is 1.19 bits per heavy atom. The van der Waals surface area contributed by atoms with Gasteiger partial charge < -0.3 is 9.72 Å². The summed E-state index contributed by atoms with van der Waals surface area (Å²) in [6.07, 6.45) is 0. The molecule has 0 saturated carbocycles. The monoisotopic (exact) mass is 368 g/mol. The number of H-pyrrole nitrogens is 1. The van der Waals surface area contributed by atoms with Crippen LogP contribution in [0, 0.1) is 24.1 Å². The van der Waals surface area contributed by atoms with E-state index in [-0.39, 0.29) is 17.9 Å². The number of benzene rings is 2. The van der Waals surface area contributed by atoms with E-state index in [0.29, 0.717) is 21.8 Å². The zero-order valence-electron chi connectivity index (χ0n) is 13.8. The zero-order valence-corrected chi connectivity index (χ0v) is 14.6. The molecule has 0 bridgehead atoms. The standard InChI is InChI=1S/C20H14ClFN2O2/c1-12-7-17(18(10-23)20(25)24-12)16-6-5-15(22)9-19(16)26-11-13-3-2-4-14(21)8-13/h2-9H,11H2,1H3,(H,24,25). The van der Waals surface area contributed by atoms with Crippen LogP contribution < -0.4 is 10.3 Å². The van der Waals surface area contributed by atoms with Gasteiger partial charge in [-0.2, -0.15) is 5.26 Å². The Morgan fingerprint density at radius 3 is 2.73 bits per heavy atom. The van der Waals surface area contributed by atoms with Gasteiger partial charge in [0, 0.05) is 27.9 Å². The average molecular weight is 369 g/mol. The summed E-state index contributed by atoms with van der Waals surface area (Å²) in [5.74, 6) is -0.235. The van der Waals surface area contributed by atoms with Crippen molar-refractivity contribution in [1.29, 1.82) is 5.26 Å². The molecule has 130 valence electrons. The van der Waals surface area contributed by atoms with E-state index in [1.54, 1.807) is 31.2 Å². The van der Waals surface area contributed by atoms with Gasteiger partial charge in [-0.25, -0.2) is 4.39 Å². The van der Waals surface area contributed by atoms with Crippen LogP contribution in [-0.4, -0.2) is 4.98 Å². The highest BCUT2D eigenvalue weighted by Crippen LogP contribution is 2.33. The molecule has 1 aromatic heterocycles. The molecule has 3 rings (SSSR count). The van der Waals surface area contributed by atoms with E-state index in [9.17, 15) is 14.4 Å². The first-order chi connectivity index (χ1) is 12.5. The van der Waals surface area contributed by atoms with Gasteiger partial charge in [0.1, 0.15) is 29.8 Å². The maximum absolute atomic E-state index is 13.8. The molecular weight excluding hydrogens is 355 g/mol. The molecule has 0 aliphatic heterocycles. The Bertz CT molecular complexity index is 1070. The van der Waals surface area contributed by atoms with Gasteiger partial charge in [0.15, 0.2) is 0 Å². The molecule has 6 heteroatoms. The number of halogens is 2. The van der Waals surface area contributed by atoms with Crippen LogP contribution in [0.5, 0.6) is 5.75 Å². The van der Waals surface area contributed by atoms with Gasteiger partial charge in [0.05, 0.1) is 0 Å². The van der Waals surface area contributed by atoms with Crippen LogP contribution >= 0.6 is 11.6 Å². The molecule has 26 heavy (non-hydrogen) atoms. The number of aryl methyl sites for hydroxylation is 1. The lowest BCUT2D eigenvalue weighted by Crippen LogP contribution is -2.13. The Labute approximate surface area is 154 Å². The molecule has 0 unspecified atom stereocenters. The quantitative estimate of drug-likeness (QED) is 0.732. The molecule has 0 atom stereocenters. The topological polar surface area (TPSA) is 65.9 Å². The summed E-state index contributed by atoms with van der Waals surface area (Å²) in [6.45, 7) is 1.88. The van der Waals surface area contributed by atoms with Crippen molar-refractivity contribution < 1.29 is 9.13 Å². The summed E-state index contributed by atoms with van der Waals surface area (Å²) in [6, 6.07) is 14.7. The molecule has 0 aliphatic rings.